The molecule has 114 valence electrons. The minimum Gasteiger partial charge on any atom is -0.468 e. The van der Waals surface area contributed by atoms with E-state index in [-0.39, 0.29) is 0 Å². The molecule has 1 atom stereocenters. The molecular formula is C15H25NO4. The van der Waals surface area contributed by atoms with Gasteiger partial charge in [0.05, 0.1) is 32.1 Å². The normalized spacial score (nSPS) is 12.8. The van der Waals surface area contributed by atoms with Crippen LogP contribution in [0.5, 0.6) is 0 Å². The van der Waals surface area contributed by atoms with Crippen molar-refractivity contribution in [3.8, 4) is 0 Å². The summed E-state index contributed by atoms with van der Waals surface area (Å²) in [5, 5.41) is 9.97. The van der Waals surface area contributed by atoms with Crippen LogP contribution in [0.15, 0.2) is 35.5 Å². The molecule has 0 saturated heterocycles. The molecule has 0 unspecified atom stereocenters. The predicted molar refractivity (Wildman–Crippen MR) is 77.5 cm³/mol. The van der Waals surface area contributed by atoms with E-state index in [1.54, 1.807) is 19.4 Å². The van der Waals surface area contributed by atoms with Gasteiger partial charge < -0.3 is 19.0 Å². The van der Waals surface area contributed by atoms with Gasteiger partial charge in [-0.25, -0.2) is 0 Å². The van der Waals surface area contributed by atoms with E-state index in [2.05, 4.69) is 11.5 Å². The van der Waals surface area contributed by atoms with Gasteiger partial charge in [0.15, 0.2) is 0 Å². The number of methoxy groups -OCH3 is 1. The van der Waals surface area contributed by atoms with Crippen molar-refractivity contribution in [3.63, 3.8) is 0 Å². The van der Waals surface area contributed by atoms with E-state index >= 15 is 0 Å². The van der Waals surface area contributed by atoms with E-state index in [9.17, 15) is 5.11 Å². The summed E-state index contributed by atoms with van der Waals surface area (Å²) in [6.07, 6.45) is 3.72. The second-order valence-electron chi connectivity index (χ2n) is 4.64. The van der Waals surface area contributed by atoms with Gasteiger partial charge in [0, 0.05) is 26.8 Å². The van der Waals surface area contributed by atoms with Gasteiger partial charge >= 0.3 is 0 Å². The van der Waals surface area contributed by atoms with Gasteiger partial charge in [-0.15, -0.1) is 6.58 Å². The Kier molecular flexibility index (Phi) is 8.98. The molecule has 5 heteroatoms. The van der Waals surface area contributed by atoms with Crippen molar-refractivity contribution in [3.05, 3.63) is 36.8 Å². The van der Waals surface area contributed by atoms with Crippen molar-refractivity contribution in [1.82, 2.24) is 4.90 Å². The number of hydrogen-bond acceptors (Lipinski definition) is 5. The molecule has 0 aliphatic rings. The average Bonchev–Trinajstić information content (AvgIpc) is 2.92. The molecule has 0 saturated carbocycles. The molecule has 0 bridgehead atoms. The summed E-state index contributed by atoms with van der Waals surface area (Å²) in [5.74, 6) is 0.890. The van der Waals surface area contributed by atoms with Crippen LogP contribution in [0.4, 0.5) is 0 Å². The van der Waals surface area contributed by atoms with Crippen LogP contribution in [-0.4, -0.2) is 56.1 Å². The standard InChI is InChI=1S/C15H25NO4/c1-3-8-19-13-14(17)11-16(7-5-9-18-2)12-15-6-4-10-20-15/h3-4,6,10,14,17H,1,5,7-9,11-13H2,2H3/t14-/m1/s1. The maximum Gasteiger partial charge on any atom is 0.117 e. The highest BCUT2D eigenvalue weighted by Crippen LogP contribution is 2.07. The summed E-state index contributed by atoms with van der Waals surface area (Å²) in [5.41, 5.74) is 0. The molecule has 20 heavy (non-hydrogen) atoms. The van der Waals surface area contributed by atoms with E-state index in [0.29, 0.717) is 32.9 Å². The molecule has 0 spiro atoms. The number of furan rings is 1. The van der Waals surface area contributed by atoms with Gasteiger partial charge in [0.1, 0.15) is 5.76 Å². The fraction of sp³-hybridized carbons (Fsp3) is 0.600. The highest BCUT2D eigenvalue weighted by atomic mass is 16.5. The number of hydrogen-bond donors (Lipinski definition) is 1. The Hall–Kier alpha value is -1.14. The third kappa shape index (κ3) is 7.45. The Balaban J connectivity index is 2.37. The highest BCUT2D eigenvalue weighted by Gasteiger charge is 2.13. The number of ether oxygens (including phenoxy) is 2. The lowest BCUT2D eigenvalue weighted by Gasteiger charge is -2.24. The topological polar surface area (TPSA) is 55.1 Å². The first-order valence-electron chi connectivity index (χ1n) is 6.86. The van der Waals surface area contributed by atoms with E-state index in [1.165, 1.54) is 0 Å². The van der Waals surface area contributed by atoms with Crippen molar-refractivity contribution in [2.45, 2.75) is 19.1 Å². The van der Waals surface area contributed by atoms with E-state index in [1.807, 2.05) is 12.1 Å². The van der Waals surface area contributed by atoms with Crippen LogP contribution in [0.2, 0.25) is 0 Å². The maximum atomic E-state index is 9.97. The second-order valence-corrected chi connectivity index (χ2v) is 4.64. The number of aliphatic hydroxyl groups excluding tert-OH is 1. The number of nitrogens with zero attached hydrogens (tertiary/aromatic N) is 1. The lowest BCUT2D eigenvalue weighted by molar-refractivity contribution is 0.0217. The Morgan fingerprint density at radius 3 is 3.05 bits per heavy atom. The smallest absolute Gasteiger partial charge is 0.117 e. The van der Waals surface area contributed by atoms with Crippen molar-refractivity contribution in [2.24, 2.45) is 0 Å². The molecule has 0 aliphatic heterocycles. The van der Waals surface area contributed by atoms with E-state index < -0.39 is 6.10 Å². The average molecular weight is 283 g/mol. The molecule has 1 rings (SSSR count). The summed E-state index contributed by atoms with van der Waals surface area (Å²) < 4.78 is 15.7. The third-order valence-electron chi connectivity index (χ3n) is 2.80. The molecule has 1 aromatic heterocycles. The van der Waals surface area contributed by atoms with Gasteiger partial charge in [-0.1, -0.05) is 6.08 Å². The predicted octanol–water partition coefficient (Wildman–Crippen LogP) is 1.68. The monoisotopic (exact) mass is 283 g/mol. The third-order valence-corrected chi connectivity index (χ3v) is 2.80. The van der Waals surface area contributed by atoms with Crippen LogP contribution in [-0.2, 0) is 16.0 Å². The maximum absolute atomic E-state index is 9.97. The van der Waals surface area contributed by atoms with E-state index in [0.717, 1.165) is 18.7 Å². The minimum atomic E-state index is -0.521. The van der Waals surface area contributed by atoms with Crippen molar-refractivity contribution in [2.75, 3.05) is 40.0 Å². The largest absolute Gasteiger partial charge is 0.468 e. The van der Waals surface area contributed by atoms with Gasteiger partial charge in [-0.3, -0.25) is 4.90 Å². The fourth-order valence-electron chi connectivity index (χ4n) is 1.93. The second kappa shape index (κ2) is 10.6. The number of aliphatic hydroxyl groups is 1. The molecule has 0 fully saturated rings. The quantitative estimate of drug-likeness (QED) is 0.467. The molecule has 0 radical (unpaired) electrons. The van der Waals surface area contributed by atoms with Crippen LogP contribution in [0, 0.1) is 0 Å². The van der Waals surface area contributed by atoms with Crippen LogP contribution >= 0.6 is 0 Å². The fourth-order valence-corrected chi connectivity index (χ4v) is 1.93. The lowest BCUT2D eigenvalue weighted by atomic mass is 10.3. The van der Waals surface area contributed by atoms with Crippen LogP contribution in [0.3, 0.4) is 0 Å². The molecular weight excluding hydrogens is 258 g/mol. The van der Waals surface area contributed by atoms with Crippen molar-refractivity contribution < 1.29 is 19.0 Å². The van der Waals surface area contributed by atoms with E-state index in [4.69, 9.17) is 13.9 Å². The SMILES string of the molecule is C=CCOC[C@H](O)CN(CCCOC)Cc1ccco1. The summed E-state index contributed by atoms with van der Waals surface area (Å²) in [6, 6.07) is 3.80. The highest BCUT2D eigenvalue weighted by molar-refractivity contribution is 4.97. The molecule has 1 N–H and O–H groups in total. The first kappa shape index (κ1) is 16.9. The molecule has 0 aromatic carbocycles. The Bertz CT molecular complexity index is 340. The molecule has 0 aliphatic carbocycles. The van der Waals surface area contributed by atoms with Crippen LogP contribution in [0.25, 0.3) is 0 Å². The van der Waals surface area contributed by atoms with Gasteiger partial charge in [-0.05, 0) is 18.6 Å². The molecule has 5 nitrogen and oxygen atoms in total. The first-order chi connectivity index (χ1) is 9.76. The van der Waals surface area contributed by atoms with Crippen molar-refractivity contribution in [1.29, 1.82) is 0 Å². The zero-order valence-electron chi connectivity index (χ0n) is 12.2. The van der Waals surface area contributed by atoms with Gasteiger partial charge in [-0.2, -0.15) is 0 Å². The zero-order valence-corrected chi connectivity index (χ0v) is 12.2. The molecule has 1 heterocycles. The summed E-state index contributed by atoms with van der Waals surface area (Å²) in [7, 11) is 1.69. The summed E-state index contributed by atoms with van der Waals surface area (Å²) >= 11 is 0. The molecule has 0 amide bonds. The van der Waals surface area contributed by atoms with Crippen LogP contribution in [0.1, 0.15) is 12.2 Å². The first-order valence-corrected chi connectivity index (χ1v) is 6.86. The van der Waals surface area contributed by atoms with Gasteiger partial charge in [0.2, 0.25) is 0 Å². The Labute approximate surface area is 120 Å². The Morgan fingerprint density at radius 1 is 1.55 bits per heavy atom. The summed E-state index contributed by atoms with van der Waals surface area (Å²) in [4.78, 5) is 2.14. The lowest BCUT2D eigenvalue weighted by Crippen LogP contribution is -2.35. The van der Waals surface area contributed by atoms with Gasteiger partial charge in [0.25, 0.3) is 0 Å². The van der Waals surface area contributed by atoms with Crippen molar-refractivity contribution >= 4 is 0 Å². The Morgan fingerprint density at radius 2 is 2.40 bits per heavy atom. The zero-order chi connectivity index (χ0) is 14.6. The minimum absolute atomic E-state index is 0.310. The summed E-state index contributed by atoms with van der Waals surface area (Å²) in [6.45, 7) is 7.11. The van der Waals surface area contributed by atoms with Crippen LogP contribution < -0.4 is 0 Å². The molecule has 1 aromatic rings. The number of rotatable bonds is 12.